The van der Waals surface area contributed by atoms with Crippen LogP contribution in [0.5, 0.6) is 0 Å². The van der Waals surface area contributed by atoms with Gasteiger partial charge in [0.05, 0.1) is 0 Å². The van der Waals surface area contributed by atoms with E-state index in [9.17, 15) is 14.7 Å². The first-order chi connectivity index (χ1) is 8.00. The number of carboxylic acids is 1. The van der Waals surface area contributed by atoms with E-state index in [1.54, 1.807) is 11.8 Å². The van der Waals surface area contributed by atoms with Gasteiger partial charge >= 0.3 is 12.0 Å². The molecule has 1 rings (SSSR count). The molecule has 1 fully saturated rings. The molecule has 1 aliphatic carbocycles. The number of amides is 2. The largest absolute Gasteiger partial charge is 0.480 e. The van der Waals surface area contributed by atoms with Gasteiger partial charge in [-0.3, -0.25) is 0 Å². The summed E-state index contributed by atoms with van der Waals surface area (Å²) in [6, 6.07) is -0.379. The average Bonchev–Trinajstić information content (AvgIpc) is 2.75. The predicted octanol–water partition coefficient (Wildman–Crippen LogP) is 1.43. The van der Waals surface area contributed by atoms with Crippen LogP contribution in [0.25, 0.3) is 0 Å². The van der Waals surface area contributed by atoms with Gasteiger partial charge in [0.15, 0.2) is 0 Å². The lowest BCUT2D eigenvalue weighted by molar-refractivity contribution is -0.144. The van der Waals surface area contributed by atoms with E-state index in [4.69, 9.17) is 0 Å². The van der Waals surface area contributed by atoms with Gasteiger partial charge in [-0.05, 0) is 19.1 Å². The van der Waals surface area contributed by atoms with Crippen molar-refractivity contribution in [1.82, 2.24) is 10.6 Å². The van der Waals surface area contributed by atoms with Crippen LogP contribution in [-0.4, -0.2) is 40.7 Å². The summed E-state index contributed by atoms with van der Waals surface area (Å²) >= 11 is 1.66. The Bertz CT molecular complexity index is 290. The zero-order valence-electron chi connectivity index (χ0n) is 10.3. The van der Waals surface area contributed by atoms with Crippen LogP contribution in [0.3, 0.4) is 0 Å². The van der Waals surface area contributed by atoms with Gasteiger partial charge in [-0.1, -0.05) is 19.8 Å². The van der Waals surface area contributed by atoms with Crippen LogP contribution >= 0.6 is 11.8 Å². The summed E-state index contributed by atoms with van der Waals surface area (Å²) in [4.78, 5) is 22.8. The highest BCUT2D eigenvalue weighted by molar-refractivity contribution is 7.99. The summed E-state index contributed by atoms with van der Waals surface area (Å²) < 4.78 is 0. The summed E-state index contributed by atoms with van der Waals surface area (Å²) in [5.74, 6) is -0.928. The normalized spacial score (nSPS) is 19.6. The molecule has 6 heteroatoms. The van der Waals surface area contributed by atoms with Crippen LogP contribution in [-0.2, 0) is 4.79 Å². The standard InChI is InChI=1S/C11H20N2O3S/c1-8(17-2)7-12-10(16)13-11(9(14)15)5-3-4-6-11/h8H,3-7H2,1-2H3,(H,14,15)(H2,12,13,16). The Hall–Kier alpha value is -0.910. The molecule has 0 aromatic heterocycles. The van der Waals surface area contributed by atoms with E-state index in [1.165, 1.54) is 0 Å². The van der Waals surface area contributed by atoms with E-state index in [1.807, 2.05) is 13.2 Å². The Kier molecular flexibility index (Phi) is 5.11. The average molecular weight is 260 g/mol. The minimum absolute atomic E-state index is 0.324. The predicted molar refractivity (Wildman–Crippen MR) is 68.3 cm³/mol. The molecule has 1 aliphatic rings. The zero-order valence-corrected chi connectivity index (χ0v) is 11.1. The van der Waals surface area contributed by atoms with Crippen molar-refractivity contribution in [3.8, 4) is 0 Å². The van der Waals surface area contributed by atoms with Crippen LogP contribution in [0.4, 0.5) is 4.79 Å². The molecule has 0 aromatic rings. The maximum atomic E-state index is 11.6. The van der Waals surface area contributed by atoms with Crippen molar-refractivity contribution in [2.75, 3.05) is 12.8 Å². The number of rotatable bonds is 5. The van der Waals surface area contributed by atoms with Crippen molar-refractivity contribution in [2.24, 2.45) is 0 Å². The highest BCUT2D eigenvalue weighted by atomic mass is 32.2. The highest BCUT2D eigenvalue weighted by Gasteiger charge is 2.42. The van der Waals surface area contributed by atoms with E-state index in [2.05, 4.69) is 10.6 Å². The minimum atomic E-state index is -1.05. The lowest BCUT2D eigenvalue weighted by atomic mass is 9.98. The topological polar surface area (TPSA) is 78.4 Å². The Morgan fingerprint density at radius 2 is 2.00 bits per heavy atom. The lowest BCUT2D eigenvalue weighted by Crippen LogP contribution is -2.56. The second kappa shape index (κ2) is 6.14. The number of hydrogen-bond acceptors (Lipinski definition) is 3. The van der Waals surface area contributed by atoms with Crippen LogP contribution in [0, 0.1) is 0 Å². The van der Waals surface area contributed by atoms with Crippen LogP contribution in [0.2, 0.25) is 0 Å². The fourth-order valence-electron chi connectivity index (χ4n) is 1.95. The Morgan fingerprint density at radius 1 is 1.41 bits per heavy atom. The first-order valence-corrected chi connectivity index (χ1v) is 7.11. The van der Waals surface area contributed by atoms with Gasteiger partial charge in [0.1, 0.15) is 5.54 Å². The van der Waals surface area contributed by atoms with E-state index in [0.717, 1.165) is 12.8 Å². The van der Waals surface area contributed by atoms with Gasteiger partial charge < -0.3 is 15.7 Å². The van der Waals surface area contributed by atoms with Crippen molar-refractivity contribution in [2.45, 2.75) is 43.4 Å². The molecule has 0 aliphatic heterocycles. The number of aliphatic carboxylic acids is 1. The van der Waals surface area contributed by atoms with Crippen molar-refractivity contribution in [3.63, 3.8) is 0 Å². The van der Waals surface area contributed by atoms with E-state index in [-0.39, 0.29) is 6.03 Å². The molecule has 0 bridgehead atoms. The summed E-state index contributed by atoms with van der Waals surface area (Å²) in [6.07, 6.45) is 4.73. The number of thioether (sulfide) groups is 1. The number of urea groups is 1. The number of hydrogen-bond donors (Lipinski definition) is 3. The maximum Gasteiger partial charge on any atom is 0.329 e. The van der Waals surface area contributed by atoms with Crippen molar-refractivity contribution in [1.29, 1.82) is 0 Å². The molecule has 0 heterocycles. The third kappa shape index (κ3) is 3.80. The molecule has 0 aromatic carbocycles. The summed E-state index contributed by atoms with van der Waals surface area (Å²) in [5.41, 5.74) is -1.05. The first kappa shape index (κ1) is 14.2. The highest BCUT2D eigenvalue weighted by Crippen LogP contribution is 2.29. The van der Waals surface area contributed by atoms with Crippen LogP contribution < -0.4 is 10.6 Å². The number of carbonyl (C=O) groups excluding carboxylic acids is 1. The molecule has 0 spiro atoms. The third-order valence-corrected chi connectivity index (χ3v) is 4.14. The monoisotopic (exact) mass is 260 g/mol. The molecule has 5 nitrogen and oxygen atoms in total. The molecular weight excluding hydrogens is 240 g/mol. The van der Waals surface area contributed by atoms with Gasteiger partial charge in [-0.25, -0.2) is 9.59 Å². The van der Waals surface area contributed by atoms with Crippen molar-refractivity contribution < 1.29 is 14.7 Å². The van der Waals surface area contributed by atoms with Gasteiger partial charge in [0, 0.05) is 11.8 Å². The van der Waals surface area contributed by atoms with Gasteiger partial charge in [0.2, 0.25) is 0 Å². The molecule has 3 N–H and O–H groups in total. The summed E-state index contributed by atoms with van der Waals surface area (Å²) in [5, 5.41) is 14.8. The molecule has 1 saturated carbocycles. The fourth-order valence-corrected chi connectivity index (χ4v) is 2.20. The van der Waals surface area contributed by atoms with Gasteiger partial charge in [-0.2, -0.15) is 11.8 Å². The minimum Gasteiger partial charge on any atom is -0.480 e. The van der Waals surface area contributed by atoms with Gasteiger partial charge in [-0.15, -0.1) is 0 Å². The van der Waals surface area contributed by atoms with E-state index in [0.29, 0.717) is 24.6 Å². The Morgan fingerprint density at radius 3 is 2.47 bits per heavy atom. The molecule has 17 heavy (non-hydrogen) atoms. The smallest absolute Gasteiger partial charge is 0.329 e. The van der Waals surface area contributed by atoms with E-state index >= 15 is 0 Å². The number of carbonyl (C=O) groups is 2. The second-order valence-electron chi connectivity index (χ2n) is 4.48. The molecule has 1 unspecified atom stereocenters. The molecular formula is C11H20N2O3S. The third-order valence-electron chi connectivity index (χ3n) is 3.17. The Labute approximate surface area is 106 Å². The SMILES string of the molecule is CSC(C)CNC(=O)NC1(C(=O)O)CCCC1. The lowest BCUT2D eigenvalue weighted by Gasteiger charge is -2.25. The van der Waals surface area contributed by atoms with Crippen LogP contribution in [0.15, 0.2) is 0 Å². The zero-order chi connectivity index (χ0) is 12.9. The number of carboxylic acid groups (broad SMARTS) is 1. The molecule has 1 atom stereocenters. The van der Waals surface area contributed by atoms with E-state index < -0.39 is 11.5 Å². The summed E-state index contributed by atoms with van der Waals surface area (Å²) in [7, 11) is 0. The molecule has 2 amide bonds. The second-order valence-corrected chi connectivity index (χ2v) is 5.75. The first-order valence-electron chi connectivity index (χ1n) is 5.82. The quantitative estimate of drug-likeness (QED) is 0.699. The van der Waals surface area contributed by atoms with Crippen molar-refractivity contribution >= 4 is 23.8 Å². The van der Waals surface area contributed by atoms with Crippen molar-refractivity contribution in [3.05, 3.63) is 0 Å². The fraction of sp³-hybridized carbons (Fsp3) is 0.818. The molecule has 0 saturated heterocycles. The summed E-state index contributed by atoms with van der Waals surface area (Å²) in [6.45, 7) is 2.55. The Balaban J connectivity index is 2.45. The molecule has 0 radical (unpaired) electrons. The maximum absolute atomic E-state index is 11.6. The van der Waals surface area contributed by atoms with Gasteiger partial charge in [0.25, 0.3) is 0 Å². The number of nitrogens with one attached hydrogen (secondary N) is 2. The van der Waals surface area contributed by atoms with Crippen LogP contribution in [0.1, 0.15) is 32.6 Å². The molecule has 98 valence electrons.